The second-order valence-electron chi connectivity index (χ2n) is 4.22. The van der Waals surface area contributed by atoms with Crippen LogP contribution in [0.5, 0.6) is 0 Å². The van der Waals surface area contributed by atoms with E-state index in [1.165, 1.54) is 4.68 Å². The van der Waals surface area contributed by atoms with Gasteiger partial charge in [0.25, 0.3) is 0 Å². The monoisotopic (exact) mass is 274 g/mol. The van der Waals surface area contributed by atoms with E-state index in [1.807, 2.05) is 0 Å². The highest BCUT2D eigenvalue weighted by molar-refractivity contribution is 7.90. The Balaban J connectivity index is 2.52. The number of hydrogen-bond acceptors (Lipinski definition) is 5. The van der Waals surface area contributed by atoms with Crippen molar-refractivity contribution >= 4 is 21.4 Å². The topological polar surface area (TPSA) is 107 Å². The van der Waals surface area contributed by atoms with Crippen LogP contribution >= 0.6 is 0 Å². The van der Waals surface area contributed by atoms with Gasteiger partial charge < -0.3 is 11.1 Å². The summed E-state index contributed by atoms with van der Waals surface area (Å²) in [5.74, 6) is -0.359. The quantitative estimate of drug-likeness (QED) is 0.734. The fourth-order valence-electron chi connectivity index (χ4n) is 1.43. The zero-order valence-corrected chi connectivity index (χ0v) is 11.5. The summed E-state index contributed by atoms with van der Waals surface area (Å²) < 4.78 is 23.3. The molecular weight excluding hydrogens is 256 g/mol. The van der Waals surface area contributed by atoms with E-state index in [-0.39, 0.29) is 24.7 Å². The molecule has 0 aliphatic carbocycles. The van der Waals surface area contributed by atoms with Crippen LogP contribution in [0, 0.1) is 13.8 Å². The number of carbonyl (C=O) groups is 1. The lowest BCUT2D eigenvalue weighted by Gasteiger charge is -2.06. The van der Waals surface area contributed by atoms with Crippen molar-refractivity contribution in [3.63, 3.8) is 0 Å². The third kappa shape index (κ3) is 4.02. The molecule has 0 spiro atoms. The van der Waals surface area contributed by atoms with Crippen molar-refractivity contribution in [1.29, 1.82) is 0 Å². The van der Waals surface area contributed by atoms with Crippen molar-refractivity contribution < 1.29 is 13.2 Å². The van der Waals surface area contributed by atoms with Gasteiger partial charge in [0.1, 0.15) is 16.4 Å². The van der Waals surface area contributed by atoms with Crippen LogP contribution in [0.2, 0.25) is 0 Å². The summed E-state index contributed by atoms with van der Waals surface area (Å²) in [6, 6.07) is 0. The summed E-state index contributed by atoms with van der Waals surface area (Å²) in [4.78, 5) is 11.6. The standard InChI is InChI=1S/C10H18N4O3S/c1-7-10(11)8(2)14(13-7)6-9(15)12-4-5-18(3,16)17/h4-6,11H2,1-3H3,(H,12,15). The van der Waals surface area contributed by atoms with Crippen molar-refractivity contribution in [3.8, 4) is 0 Å². The highest BCUT2D eigenvalue weighted by Gasteiger charge is 2.11. The van der Waals surface area contributed by atoms with E-state index in [0.29, 0.717) is 11.4 Å². The van der Waals surface area contributed by atoms with Gasteiger partial charge in [-0.1, -0.05) is 0 Å². The average Bonchev–Trinajstić information content (AvgIpc) is 2.44. The van der Waals surface area contributed by atoms with Crippen LogP contribution in [0.4, 0.5) is 5.69 Å². The Morgan fingerprint density at radius 3 is 2.50 bits per heavy atom. The Bertz CT molecular complexity index is 548. The molecular formula is C10H18N4O3S. The molecule has 0 saturated carbocycles. The van der Waals surface area contributed by atoms with Gasteiger partial charge in [-0.3, -0.25) is 9.48 Å². The fourth-order valence-corrected chi connectivity index (χ4v) is 1.91. The summed E-state index contributed by atoms with van der Waals surface area (Å²) in [7, 11) is -3.06. The molecule has 1 amide bonds. The highest BCUT2D eigenvalue weighted by atomic mass is 32.2. The Hall–Kier alpha value is -1.57. The van der Waals surface area contributed by atoms with Crippen LogP contribution in [-0.2, 0) is 21.2 Å². The number of nitrogens with one attached hydrogen (secondary N) is 1. The minimum Gasteiger partial charge on any atom is -0.396 e. The number of nitrogens with zero attached hydrogens (tertiary/aromatic N) is 2. The first kappa shape index (κ1) is 14.5. The lowest BCUT2D eigenvalue weighted by atomic mass is 10.3. The molecule has 0 radical (unpaired) electrons. The first-order chi connectivity index (χ1) is 8.20. The Morgan fingerprint density at radius 2 is 2.06 bits per heavy atom. The predicted octanol–water partition coefficient (Wildman–Crippen LogP) is -0.757. The zero-order valence-electron chi connectivity index (χ0n) is 10.7. The molecule has 1 rings (SSSR count). The number of nitrogens with two attached hydrogens (primary N) is 1. The lowest BCUT2D eigenvalue weighted by Crippen LogP contribution is -2.32. The SMILES string of the molecule is Cc1nn(CC(=O)NCCS(C)(=O)=O)c(C)c1N. The maximum absolute atomic E-state index is 11.6. The Kier molecular flexibility index (Phi) is 4.33. The molecule has 0 aromatic carbocycles. The molecule has 1 aromatic heterocycles. The van der Waals surface area contributed by atoms with E-state index in [9.17, 15) is 13.2 Å². The van der Waals surface area contributed by atoms with E-state index < -0.39 is 9.84 Å². The van der Waals surface area contributed by atoms with Crippen molar-refractivity contribution in [3.05, 3.63) is 11.4 Å². The van der Waals surface area contributed by atoms with Crippen molar-refractivity contribution in [1.82, 2.24) is 15.1 Å². The molecule has 0 atom stereocenters. The first-order valence-electron chi connectivity index (χ1n) is 5.44. The number of carbonyl (C=O) groups excluding carboxylic acids is 1. The van der Waals surface area contributed by atoms with Crippen LogP contribution < -0.4 is 11.1 Å². The number of sulfone groups is 1. The minimum absolute atomic E-state index is 0.0354. The average molecular weight is 274 g/mol. The van der Waals surface area contributed by atoms with Crippen molar-refractivity contribution in [2.45, 2.75) is 20.4 Å². The lowest BCUT2D eigenvalue weighted by molar-refractivity contribution is -0.121. The largest absolute Gasteiger partial charge is 0.396 e. The molecule has 1 heterocycles. The van der Waals surface area contributed by atoms with Crippen molar-refractivity contribution in [2.24, 2.45) is 0 Å². The number of nitrogen functional groups attached to an aromatic ring is 1. The van der Waals surface area contributed by atoms with Crippen LogP contribution in [-0.4, -0.2) is 42.7 Å². The summed E-state index contributed by atoms with van der Waals surface area (Å²) in [6.07, 6.45) is 1.13. The Labute approximate surface area is 106 Å². The molecule has 0 saturated heterocycles. The van der Waals surface area contributed by atoms with Crippen LogP contribution in [0.25, 0.3) is 0 Å². The van der Waals surface area contributed by atoms with Gasteiger partial charge in [-0.2, -0.15) is 5.10 Å². The number of anilines is 1. The van der Waals surface area contributed by atoms with Crippen LogP contribution in [0.1, 0.15) is 11.4 Å². The molecule has 0 unspecified atom stereocenters. The summed E-state index contributed by atoms with van der Waals surface area (Å²) in [5, 5.41) is 6.64. The maximum Gasteiger partial charge on any atom is 0.241 e. The molecule has 7 nitrogen and oxygen atoms in total. The molecule has 0 fully saturated rings. The number of hydrogen-bond donors (Lipinski definition) is 2. The summed E-state index contributed by atoms with van der Waals surface area (Å²) in [6.45, 7) is 3.68. The smallest absolute Gasteiger partial charge is 0.241 e. The maximum atomic E-state index is 11.6. The predicted molar refractivity (Wildman–Crippen MR) is 68.8 cm³/mol. The van der Waals surface area contributed by atoms with E-state index in [0.717, 1.165) is 11.9 Å². The zero-order chi connectivity index (χ0) is 13.9. The molecule has 0 bridgehead atoms. The second-order valence-corrected chi connectivity index (χ2v) is 6.48. The third-order valence-corrected chi connectivity index (χ3v) is 3.47. The van der Waals surface area contributed by atoms with E-state index in [1.54, 1.807) is 13.8 Å². The second kappa shape index (κ2) is 5.38. The molecule has 8 heteroatoms. The number of aryl methyl sites for hydroxylation is 1. The van der Waals surface area contributed by atoms with Crippen molar-refractivity contribution in [2.75, 3.05) is 24.3 Å². The highest BCUT2D eigenvalue weighted by Crippen LogP contribution is 2.14. The molecule has 102 valence electrons. The van der Waals surface area contributed by atoms with Crippen LogP contribution in [0.3, 0.4) is 0 Å². The number of amides is 1. The van der Waals surface area contributed by atoms with Gasteiger partial charge >= 0.3 is 0 Å². The van der Waals surface area contributed by atoms with Gasteiger partial charge in [0.15, 0.2) is 0 Å². The normalized spacial score (nSPS) is 11.5. The molecule has 18 heavy (non-hydrogen) atoms. The van der Waals surface area contributed by atoms with Gasteiger partial charge in [-0.05, 0) is 13.8 Å². The number of rotatable bonds is 5. The summed E-state index contributed by atoms with van der Waals surface area (Å²) in [5.41, 5.74) is 7.71. The Morgan fingerprint density at radius 1 is 1.44 bits per heavy atom. The van der Waals surface area contributed by atoms with Gasteiger partial charge in [0.05, 0.1) is 22.8 Å². The van der Waals surface area contributed by atoms with E-state index >= 15 is 0 Å². The molecule has 0 aliphatic rings. The van der Waals surface area contributed by atoms with Crippen LogP contribution in [0.15, 0.2) is 0 Å². The van der Waals surface area contributed by atoms with E-state index in [2.05, 4.69) is 10.4 Å². The van der Waals surface area contributed by atoms with Gasteiger partial charge in [-0.25, -0.2) is 8.42 Å². The molecule has 3 N–H and O–H groups in total. The first-order valence-corrected chi connectivity index (χ1v) is 7.50. The van der Waals surface area contributed by atoms with E-state index in [4.69, 9.17) is 5.73 Å². The van der Waals surface area contributed by atoms with Gasteiger partial charge in [0, 0.05) is 12.8 Å². The minimum atomic E-state index is -3.06. The summed E-state index contributed by atoms with van der Waals surface area (Å²) >= 11 is 0. The number of aromatic nitrogens is 2. The van der Waals surface area contributed by atoms with Gasteiger partial charge in [0.2, 0.25) is 5.91 Å². The molecule has 0 aliphatic heterocycles. The third-order valence-electron chi connectivity index (χ3n) is 2.53. The molecule has 1 aromatic rings. The fraction of sp³-hybridized carbons (Fsp3) is 0.600. The van der Waals surface area contributed by atoms with Gasteiger partial charge in [-0.15, -0.1) is 0 Å².